The fraction of sp³-hybridized carbons (Fsp3) is 0.500. The van der Waals surface area contributed by atoms with Crippen LogP contribution in [0.25, 0.3) is 0 Å². The van der Waals surface area contributed by atoms with Crippen LogP contribution in [0.1, 0.15) is 48.3 Å². The maximum absolute atomic E-state index is 12.4. The minimum absolute atomic E-state index is 0.100. The van der Waals surface area contributed by atoms with E-state index in [1.807, 2.05) is 13.8 Å². The Morgan fingerprint density at radius 1 is 1.32 bits per heavy atom. The minimum Gasteiger partial charge on any atom is -0.369 e. The van der Waals surface area contributed by atoms with Gasteiger partial charge < -0.3 is 14.7 Å². The molecule has 1 amide bonds. The van der Waals surface area contributed by atoms with Gasteiger partial charge in [-0.05, 0) is 45.2 Å². The maximum atomic E-state index is 12.4. The van der Waals surface area contributed by atoms with Crippen LogP contribution in [0.15, 0.2) is 28.8 Å². The Kier molecular flexibility index (Phi) is 5.11. The van der Waals surface area contributed by atoms with Gasteiger partial charge in [0.2, 0.25) is 5.91 Å². The molecule has 0 aliphatic carbocycles. The molecule has 0 bridgehead atoms. The van der Waals surface area contributed by atoms with Gasteiger partial charge in [-0.25, -0.2) is 0 Å². The van der Waals surface area contributed by atoms with Crippen molar-refractivity contribution >= 4 is 11.6 Å². The first kappa shape index (κ1) is 17.5. The molecule has 0 spiro atoms. The first-order chi connectivity index (χ1) is 11.9. The molecule has 1 saturated heterocycles. The largest absolute Gasteiger partial charge is 0.369 e. The van der Waals surface area contributed by atoms with Crippen LogP contribution in [0.2, 0.25) is 0 Å². The third kappa shape index (κ3) is 4.03. The van der Waals surface area contributed by atoms with Gasteiger partial charge in [0, 0.05) is 36.8 Å². The van der Waals surface area contributed by atoms with Gasteiger partial charge in [-0.2, -0.15) is 0 Å². The molecular weight excluding hydrogens is 314 g/mol. The number of benzene rings is 1. The summed E-state index contributed by atoms with van der Waals surface area (Å²) < 4.78 is 5.21. The van der Waals surface area contributed by atoms with Crippen molar-refractivity contribution in [2.45, 2.75) is 52.5 Å². The fourth-order valence-corrected chi connectivity index (χ4v) is 3.73. The van der Waals surface area contributed by atoms with Crippen molar-refractivity contribution in [3.05, 3.63) is 46.8 Å². The van der Waals surface area contributed by atoms with E-state index in [1.54, 1.807) is 0 Å². The van der Waals surface area contributed by atoms with Crippen molar-refractivity contribution in [2.75, 3.05) is 18.0 Å². The molecule has 2 atom stereocenters. The van der Waals surface area contributed by atoms with Gasteiger partial charge in [-0.1, -0.05) is 29.8 Å². The molecule has 1 aromatic heterocycles. The summed E-state index contributed by atoms with van der Waals surface area (Å²) in [5, 5.41) is 7.17. The van der Waals surface area contributed by atoms with E-state index in [0.717, 1.165) is 36.5 Å². The van der Waals surface area contributed by atoms with Gasteiger partial charge in [-0.15, -0.1) is 0 Å². The lowest BCUT2D eigenvalue weighted by Gasteiger charge is -2.20. The maximum Gasteiger partial charge on any atom is 0.220 e. The predicted molar refractivity (Wildman–Crippen MR) is 98.9 cm³/mol. The number of aromatic nitrogens is 1. The molecule has 5 heteroatoms. The lowest BCUT2D eigenvalue weighted by atomic mass is 9.96. The highest BCUT2D eigenvalue weighted by atomic mass is 16.5. The van der Waals surface area contributed by atoms with Gasteiger partial charge in [-0.3, -0.25) is 4.79 Å². The predicted octanol–water partition coefficient (Wildman–Crippen LogP) is 3.49. The van der Waals surface area contributed by atoms with E-state index < -0.39 is 0 Å². The molecule has 3 rings (SSSR count). The molecule has 2 heterocycles. The van der Waals surface area contributed by atoms with E-state index in [4.69, 9.17) is 4.52 Å². The van der Waals surface area contributed by atoms with Crippen molar-refractivity contribution < 1.29 is 9.32 Å². The molecule has 0 saturated carbocycles. The number of anilines is 1. The van der Waals surface area contributed by atoms with E-state index in [-0.39, 0.29) is 17.9 Å². The highest BCUT2D eigenvalue weighted by molar-refractivity contribution is 5.77. The van der Waals surface area contributed by atoms with Gasteiger partial charge in [0.25, 0.3) is 0 Å². The van der Waals surface area contributed by atoms with Crippen molar-refractivity contribution in [1.82, 2.24) is 10.5 Å². The zero-order chi connectivity index (χ0) is 18.0. The normalized spacial score (nSPS) is 18.4. The van der Waals surface area contributed by atoms with Crippen LogP contribution in [-0.2, 0) is 4.79 Å². The van der Waals surface area contributed by atoms with Crippen molar-refractivity contribution in [2.24, 2.45) is 0 Å². The number of carbonyl (C=O) groups excluding carboxylic acids is 1. The van der Waals surface area contributed by atoms with Gasteiger partial charge in [0.1, 0.15) is 5.76 Å². The van der Waals surface area contributed by atoms with Crippen LogP contribution in [0.4, 0.5) is 5.69 Å². The molecule has 1 N–H and O–H groups in total. The average molecular weight is 341 g/mol. The number of amides is 1. The van der Waals surface area contributed by atoms with Crippen LogP contribution < -0.4 is 10.2 Å². The van der Waals surface area contributed by atoms with Gasteiger partial charge in [0.05, 0.1) is 5.69 Å². The first-order valence-electron chi connectivity index (χ1n) is 8.97. The summed E-state index contributed by atoms with van der Waals surface area (Å²) in [6, 6.07) is 8.78. The molecule has 1 aliphatic heterocycles. The standard InChI is InChI=1S/C20H27N3O2/c1-13-5-7-18(8-6-13)23-10-9-17(12-23)21-19(24)11-14(2)20-15(3)22-25-16(20)4/h5-8,14,17H,9-12H2,1-4H3,(H,21,24)/t14-,17-/m0/s1. The van der Waals surface area contributed by atoms with Crippen LogP contribution in [-0.4, -0.2) is 30.2 Å². The number of aryl methyl sites for hydroxylation is 3. The lowest BCUT2D eigenvalue weighted by molar-refractivity contribution is -0.122. The fourth-order valence-electron chi connectivity index (χ4n) is 3.73. The number of nitrogens with one attached hydrogen (secondary N) is 1. The van der Waals surface area contributed by atoms with E-state index >= 15 is 0 Å². The Labute approximate surface area is 149 Å². The van der Waals surface area contributed by atoms with Crippen LogP contribution in [0.3, 0.4) is 0 Å². The lowest BCUT2D eigenvalue weighted by Crippen LogP contribution is -2.37. The zero-order valence-corrected chi connectivity index (χ0v) is 15.5. The molecule has 0 radical (unpaired) electrons. The van der Waals surface area contributed by atoms with Gasteiger partial charge >= 0.3 is 0 Å². The second-order valence-electron chi connectivity index (χ2n) is 7.18. The van der Waals surface area contributed by atoms with Gasteiger partial charge in [0.15, 0.2) is 0 Å². The zero-order valence-electron chi connectivity index (χ0n) is 15.5. The molecule has 5 nitrogen and oxygen atoms in total. The summed E-state index contributed by atoms with van der Waals surface area (Å²) in [7, 11) is 0. The van der Waals surface area contributed by atoms with E-state index in [9.17, 15) is 4.79 Å². The average Bonchev–Trinajstić information content (AvgIpc) is 3.14. The molecule has 0 unspecified atom stereocenters. The number of carbonyl (C=O) groups is 1. The third-order valence-corrected chi connectivity index (χ3v) is 5.03. The van der Waals surface area contributed by atoms with Crippen LogP contribution in [0.5, 0.6) is 0 Å². The Bertz CT molecular complexity index is 716. The molecule has 1 aromatic carbocycles. The number of hydrogen-bond donors (Lipinski definition) is 1. The van der Waals surface area contributed by atoms with Crippen LogP contribution in [0, 0.1) is 20.8 Å². The molecule has 134 valence electrons. The number of hydrogen-bond acceptors (Lipinski definition) is 4. The number of nitrogens with zero attached hydrogens (tertiary/aromatic N) is 2. The highest BCUT2D eigenvalue weighted by Gasteiger charge is 2.25. The van der Waals surface area contributed by atoms with Crippen molar-refractivity contribution in [3.63, 3.8) is 0 Å². The Morgan fingerprint density at radius 2 is 2.04 bits per heavy atom. The molecule has 1 aliphatic rings. The Morgan fingerprint density at radius 3 is 2.68 bits per heavy atom. The summed E-state index contributed by atoms with van der Waals surface area (Å²) in [6.07, 6.45) is 1.45. The summed E-state index contributed by atoms with van der Waals surface area (Å²) in [5.74, 6) is 1.02. The molecule has 25 heavy (non-hydrogen) atoms. The second-order valence-corrected chi connectivity index (χ2v) is 7.18. The van der Waals surface area contributed by atoms with Crippen molar-refractivity contribution in [1.29, 1.82) is 0 Å². The third-order valence-electron chi connectivity index (χ3n) is 5.03. The summed E-state index contributed by atoms with van der Waals surface area (Å²) >= 11 is 0. The van der Waals surface area contributed by atoms with Crippen LogP contribution >= 0.6 is 0 Å². The Hall–Kier alpha value is -2.30. The van der Waals surface area contributed by atoms with Crippen molar-refractivity contribution in [3.8, 4) is 0 Å². The molecule has 1 fully saturated rings. The highest BCUT2D eigenvalue weighted by Crippen LogP contribution is 2.26. The summed E-state index contributed by atoms with van der Waals surface area (Å²) in [5.41, 5.74) is 4.43. The van der Waals surface area contributed by atoms with E-state index in [0.29, 0.717) is 6.42 Å². The minimum atomic E-state index is 0.100. The smallest absolute Gasteiger partial charge is 0.220 e. The topological polar surface area (TPSA) is 58.4 Å². The monoisotopic (exact) mass is 341 g/mol. The second kappa shape index (κ2) is 7.30. The first-order valence-corrected chi connectivity index (χ1v) is 8.97. The Balaban J connectivity index is 1.53. The van der Waals surface area contributed by atoms with E-state index in [1.165, 1.54) is 11.3 Å². The molecular formula is C20H27N3O2. The quantitative estimate of drug-likeness (QED) is 0.904. The SMILES string of the molecule is Cc1ccc(N2CC[C@H](NC(=O)C[C@H](C)c3c(C)noc3C)C2)cc1. The van der Waals surface area contributed by atoms with E-state index in [2.05, 4.69) is 53.5 Å². The summed E-state index contributed by atoms with van der Waals surface area (Å²) in [4.78, 5) is 14.8. The summed E-state index contributed by atoms with van der Waals surface area (Å²) in [6.45, 7) is 9.83. The molecule has 2 aromatic rings. The number of rotatable bonds is 5.